The molecule has 0 saturated heterocycles. The Morgan fingerprint density at radius 2 is 1.59 bits per heavy atom. The molecule has 0 atom stereocenters. The molecule has 29 heavy (non-hydrogen) atoms. The van der Waals surface area contributed by atoms with E-state index in [1.54, 1.807) is 0 Å². The molecule has 3 N–H and O–H groups in total. The number of hydrogen-bond donors (Lipinski definition) is 2. The van der Waals surface area contributed by atoms with Gasteiger partial charge in [-0.05, 0) is 24.3 Å². The smallest absolute Gasteiger partial charge is 0.282 e. The van der Waals surface area contributed by atoms with Crippen LogP contribution in [0.5, 0.6) is 5.75 Å². The van der Waals surface area contributed by atoms with Crippen LogP contribution in [0.4, 0.5) is 5.69 Å². The van der Waals surface area contributed by atoms with Crippen molar-refractivity contribution in [3.05, 3.63) is 39.3 Å². The maximum atomic E-state index is 12.9. The van der Waals surface area contributed by atoms with Gasteiger partial charge < -0.3 is 5.11 Å². The van der Waals surface area contributed by atoms with Crippen molar-refractivity contribution in [1.82, 2.24) is 3.71 Å². The minimum Gasteiger partial charge on any atom is -0.505 e. The maximum absolute atomic E-state index is 12.9. The Morgan fingerprint density at radius 1 is 0.966 bits per heavy atom. The molecule has 1 heterocycles. The number of phenols is 1. The minimum atomic E-state index is -4.98. The number of sulfonamides is 3. The van der Waals surface area contributed by atoms with E-state index >= 15 is 0 Å². The first kappa shape index (κ1) is 22.1. The van der Waals surface area contributed by atoms with Crippen LogP contribution in [0.3, 0.4) is 0 Å². The van der Waals surface area contributed by atoms with E-state index in [0.29, 0.717) is 12.4 Å². The predicted molar refractivity (Wildman–Crippen MR) is 105 cm³/mol. The van der Waals surface area contributed by atoms with Crippen LogP contribution in [0.2, 0.25) is 15.1 Å². The van der Waals surface area contributed by atoms with Crippen molar-refractivity contribution in [1.29, 1.82) is 0 Å². The second-order valence-corrected chi connectivity index (χ2v) is 12.1. The number of primary sulfonamides is 1. The summed E-state index contributed by atoms with van der Waals surface area (Å²) in [4.78, 5) is 1.25. The van der Waals surface area contributed by atoms with E-state index < -0.39 is 60.6 Å². The quantitative estimate of drug-likeness (QED) is 0.625. The second kappa shape index (κ2) is 6.97. The Hall–Kier alpha value is -1.61. The lowest BCUT2D eigenvalue weighted by molar-refractivity contribution is 0.457. The maximum Gasteiger partial charge on any atom is 0.282 e. The molecule has 0 radical (unpaired) electrons. The van der Waals surface area contributed by atoms with Crippen LogP contribution >= 0.6 is 34.8 Å². The summed E-state index contributed by atoms with van der Waals surface area (Å²) in [5, 5.41) is 14.0. The van der Waals surface area contributed by atoms with Crippen LogP contribution in [0.1, 0.15) is 0 Å². The van der Waals surface area contributed by atoms with Crippen LogP contribution < -0.4 is 5.14 Å². The van der Waals surface area contributed by atoms with Crippen molar-refractivity contribution in [3.8, 4) is 5.75 Å². The number of hydrogen-bond acceptors (Lipinski definition) is 8. The van der Waals surface area contributed by atoms with Gasteiger partial charge in [-0.25, -0.2) is 18.5 Å². The van der Waals surface area contributed by atoms with Crippen molar-refractivity contribution < 1.29 is 30.4 Å². The van der Waals surface area contributed by atoms with Gasteiger partial charge >= 0.3 is 0 Å². The van der Waals surface area contributed by atoms with E-state index in [2.05, 4.69) is 4.99 Å². The lowest BCUT2D eigenvalue weighted by atomic mass is 10.3. The highest BCUT2D eigenvalue weighted by atomic mass is 35.5. The van der Waals surface area contributed by atoms with Crippen LogP contribution in [0.15, 0.2) is 43.9 Å². The van der Waals surface area contributed by atoms with Crippen molar-refractivity contribution in [2.75, 3.05) is 0 Å². The Labute approximate surface area is 180 Å². The van der Waals surface area contributed by atoms with Gasteiger partial charge in [0.1, 0.15) is 21.0 Å². The normalized spacial score (nSPS) is 15.9. The zero-order chi connectivity index (χ0) is 21.9. The van der Waals surface area contributed by atoms with Gasteiger partial charge in [-0.3, -0.25) is 0 Å². The number of phenolic OH excluding ortho intramolecular Hbond substituents is 1. The zero-order valence-corrected chi connectivity index (χ0v) is 18.3. The summed E-state index contributed by atoms with van der Waals surface area (Å²) < 4.78 is 74.8. The molecule has 1 aliphatic heterocycles. The Balaban J connectivity index is 2.27. The number of halogens is 3. The third-order valence-electron chi connectivity index (χ3n) is 3.63. The van der Waals surface area contributed by atoms with Gasteiger partial charge in [0.2, 0.25) is 10.0 Å². The first-order valence-electron chi connectivity index (χ1n) is 7.05. The molecule has 0 unspecified atom stereocenters. The third-order valence-corrected chi connectivity index (χ3v) is 9.58. The van der Waals surface area contributed by atoms with Gasteiger partial charge in [-0.15, -0.1) is 3.71 Å². The fourth-order valence-corrected chi connectivity index (χ4v) is 7.65. The summed E-state index contributed by atoms with van der Waals surface area (Å²) in [6.45, 7) is 0. The molecule has 3 rings (SSSR count). The largest absolute Gasteiger partial charge is 0.505 e. The lowest BCUT2D eigenvalue weighted by Crippen LogP contribution is -2.37. The molecule has 0 saturated carbocycles. The van der Waals surface area contributed by atoms with Gasteiger partial charge in [0.05, 0.1) is 15.7 Å². The molecule has 0 fully saturated rings. The van der Waals surface area contributed by atoms with Crippen LogP contribution in [-0.2, 0) is 30.1 Å². The summed E-state index contributed by atoms with van der Waals surface area (Å²) in [7, 11) is -14.3. The molecule has 0 amide bonds. The average molecular weight is 521 g/mol. The van der Waals surface area contributed by atoms with Crippen LogP contribution in [0, 0.1) is 0 Å². The summed E-state index contributed by atoms with van der Waals surface area (Å²) in [5.41, 5.74) is -0.317. The van der Waals surface area contributed by atoms with Crippen LogP contribution in [0.25, 0.3) is 0 Å². The van der Waals surface area contributed by atoms with E-state index in [9.17, 15) is 30.4 Å². The topological polar surface area (TPSA) is 164 Å². The van der Waals surface area contributed by atoms with Gasteiger partial charge in [-0.2, -0.15) is 16.8 Å². The van der Waals surface area contributed by atoms with Crippen molar-refractivity contribution >= 4 is 76.9 Å². The number of aliphatic imine (C=N–C) groups is 1. The van der Waals surface area contributed by atoms with Crippen molar-refractivity contribution in [2.45, 2.75) is 14.7 Å². The first-order valence-corrected chi connectivity index (χ1v) is 12.6. The molecule has 0 aromatic heterocycles. The fourth-order valence-electron chi connectivity index (χ4n) is 2.35. The van der Waals surface area contributed by atoms with E-state index in [-0.39, 0.29) is 14.4 Å². The molecule has 2 aromatic carbocycles. The number of aromatic hydroxyl groups is 1. The third kappa shape index (κ3) is 3.67. The molecule has 2 aromatic rings. The van der Waals surface area contributed by atoms with Crippen LogP contribution in [-0.4, -0.2) is 40.4 Å². The van der Waals surface area contributed by atoms with Gasteiger partial charge in [-0.1, -0.05) is 34.8 Å². The predicted octanol–water partition coefficient (Wildman–Crippen LogP) is 2.05. The molecule has 1 aliphatic rings. The highest BCUT2D eigenvalue weighted by molar-refractivity contribution is 8.05. The minimum absolute atomic E-state index is 0.162. The number of rotatable bonds is 3. The fraction of sp³-hybridized carbons (Fsp3) is 0. The first-order chi connectivity index (χ1) is 13.2. The highest BCUT2D eigenvalue weighted by Crippen LogP contribution is 2.41. The highest BCUT2D eigenvalue weighted by Gasteiger charge is 2.41. The number of nitrogens with zero attached hydrogens (tertiary/aromatic N) is 2. The summed E-state index contributed by atoms with van der Waals surface area (Å²) in [6.07, 6.45) is 0.453. The molecular formula is C13H8Cl3N3O7S3. The lowest BCUT2D eigenvalue weighted by Gasteiger charge is -2.24. The monoisotopic (exact) mass is 519 g/mol. The van der Waals surface area contributed by atoms with Gasteiger partial charge in [0.25, 0.3) is 20.0 Å². The van der Waals surface area contributed by atoms with Gasteiger partial charge in [0, 0.05) is 5.02 Å². The van der Waals surface area contributed by atoms with E-state index in [4.69, 9.17) is 39.9 Å². The number of benzene rings is 2. The van der Waals surface area contributed by atoms with Crippen molar-refractivity contribution in [3.63, 3.8) is 0 Å². The molecule has 0 bridgehead atoms. The zero-order valence-electron chi connectivity index (χ0n) is 13.6. The molecule has 10 nitrogen and oxygen atoms in total. The Kier molecular flexibility index (Phi) is 5.31. The number of fused-ring (bicyclic) bond motifs is 1. The molecule has 0 aliphatic carbocycles. The van der Waals surface area contributed by atoms with Gasteiger partial charge in [0.15, 0.2) is 5.75 Å². The molecule has 156 valence electrons. The number of nitrogens with two attached hydrogens (primary N) is 1. The molecule has 16 heteroatoms. The summed E-state index contributed by atoms with van der Waals surface area (Å²) in [5.74, 6) is -0.938. The Bertz CT molecular complexity index is 1400. The molecular weight excluding hydrogens is 513 g/mol. The summed E-state index contributed by atoms with van der Waals surface area (Å²) in [6, 6.07) is 3.33. The van der Waals surface area contributed by atoms with E-state index in [1.807, 2.05) is 0 Å². The standard InChI is InChI=1S/C13H8Cl3N3O7S3/c14-6-1-8(16)13(20)12(2-6)29(25,26)19-5-18-9-3-7(15)10(27(17,21)22)4-11(9)28(19,23)24/h1-5,20H,(H2,17,21,22). The van der Waals surface area contributed by atoms with E-state index in [1.165, 1.54) is 0 Å². The molecule has 0 spiro atoms. The van der Waals surface area contributed by atoms with E-state index in [0.717, 1.165) is 18.2 Å². The SMILES string of the molecule is NS(=O)(=O)c1cc2c(cc1Cl)N=CN(S(=O)(=O)c1cc(Cl)cc(Cl)c1O)S2(=O)=O. The summed E-state index contributed by atoms with van der Waals surface area (Å²) >= 11 is 17.3. The second-order valence-electron chi connectivity index (χ2n) is 5.51. The van der Waals surface area contributed by atoms with Crippen molar-refractivity contribution in [2.24, 2.45) is 10.1 Å². The Morgan fingerprint density at radius 3 is 2.17 bits per heavy atom. The average Bonchev–Trinajstić information content (AvgIpc) is 2.55.